The van der Waals surface area contributed by atoms with Crippen LogP contribution >= 0.6 is 0 Å². The van der Waals surface area contributed by atoms with Gasteiger partial charge < -0.3 is 14.4 Å². The first-order valence-corrected chi connectivity index (χ1v) is 13.3. The van der Waals surface area contributed by atoms with E-state index >= 15 is 0 Å². The number of amides is 1. The van der Waals surface area contributed by atoms with Crippen LogP contribution < -0.4 is 9.04 Å². The number of carbonyl (C=O) groups excluding carboxylic acids is 2. The average Bonchev–Trinajstić information content (AvgIpc) is 3.13. The van der Waals surface area contributed by atoms with Crippen molar-refractivity contribution < 1.29 is 36.3 Å². The predicted molar refractivity (Wildman–Crippen MR) is 129 cm³/mol. The number of alkyl halides is 2. The van der Waals surface area contributed by atoms with Crippen LogP contribution in [0.4, 0.5) is 14.5 Å². The van der Waals surface area contributed by atoms with Gasteiger partial charge in [0.05, 0.1) is 37.0 Å². The molecule has 2 aliphatic rings. The molecule has 13 heteroatoms. The van der Waals surface area contributed by atoms with E-state index in [0.717, 1.165) is 16.9 Å². The van der Waals surface area contributed by atoms with Crippen molar-refractivity contribution in [2.45, 2.75) is 70.1 Å². The summed E-state index contributed by atoms with van der Waals surface area (Å²) in [6.45, 7) is 4.60. The number of aryl methyl sites for hydroxylation is 1. The van der Waals surface area contributed by atoms with Gasteiger partial charge in [-0.1, -0.05) is 6.07 Å². The van der Waals surface area contributed by atoms with Gasteiger partial charge in [0, 0.05) is 13.1 Å². The van der Waals surface area contributed by atoms with Crippen LogP contribution in [0.1, 0.15) is 51.4 Å². The van der Waals surface area contributed by atoms with Gasteiger partial charge in [0.2, 0.25) is 5.91 Å². The van der Waals surface area contributed by atoms with E-state index in [1.54, 1.807) is 31.7 Å². The summed E-state index contributed by atoms with van der Waals surface area (Å²) in [7, 11) is -4.38. The zero-order valence-electron chi connectivity index (χ0n) is 21.1. The smallest absolute Gasteiger partial charge is 0.333 e. The molecule has 1 aromatic carbocycles. The molecule has 1 saturated heterocycles. The molecule has 1 atom stereocenters. The third-order valence-corrected chi connectivity index (χ3v) is 7.86. The minimum absolute atomic E-state index is 0.0413. The first-order valence-electron chi connectivity index (χ1n) is 11.9. The number of benzene rings is 1. The van der Waals surface area contributed by atoms with E-state index < -0.39 is 34.2 Å². The van der Waals surface area contributed by atoms with E-state index in [9.17, 15) is 26.8 Å². The van der Waals surface area contributed by atoms with Gasteiger partial charge in [0.15, 0.2) is 0 Å². The largest absolute Gasteiger partial charge is 0.486 e. The fourth-order valence-corrected chi connectivity index (χ4v) is 5.83. The third-order valence-electron chi connectivity index (χ3n) is 5.97. The maximum absolute atomic E-state index is 13.7. The summed E-state index contributed by atoms with van der Waals surface area (Å²) >= 11 is 0. The second-order valence-corrected chi connectivity index (χ2v) is 11.9. The van der Waals surface area contributed by atoms with E-state index in [4.69, 9.17) is 9.47 Å². The van der Waals surface area contributed by atoms with Crippen molar-refractivity contribution in [3.05, 3.63) is 35.7 Å². The molecule has 4 rings (SSSR count). The lowest BCUT2D eigenvalue weighted by molar-refractivity contribution is -0.153. The van der Waals surface area contributed by atoms with E-state index in [1.807, 2.05) is 0 Å². The summed E-state index contributed by atoms with van der Waals surface area (Å²) in [6.07, 6.45) is 0.749. The normalized spacial score (nSPS) is 17.8. The Balaban J connectivity index is 1.69. The molecule has 0 aliphatic carbocycles. The number of aromatic nitrogens is 2. The Bertz CT molecular complexity index is 1300. The fourth-order valence-electron chi connectivity index (χ4n) is 4.17. The van der Waals surface area contributed by atoms with Gasteiger partial charge in [-0.2, -0.15) is 13.9 Å². The molecule has 0 saturated carbocycles. The van der Waals surface area contributed by atoms with Crippen LogP contribution in [0.25, 0.3) is 0 Å². The highest BCUT2D eigenvalue weighted by atomic mass is 32.2. The summed E-state index contributed by atoms with van der Waals surface area (Å²) in [4.78, 5) is 26.2. The maximum atomic E-state index is 13.7. The molecule has 2 aliphatic heterocycles. The molecule has 1 amide bonds. The van der Waals surface area contributed by atoms with Crippen molar-refractivity contribution in [2.24, 2.45) is 0 Å². The second-order valence-electron chi connectivity index (χ2n) is 10.1. The first kappa shape index (κ1) is 26.8. The maximum Gasteiger partial charge on any atom is 0.333 e. The lowest BCUT2D eigenvalue weighted by atomic mass is 10.1. The van der Waals surface area contributed by atoms with E-state index in [1.165, 1.54) is 19.1 Å². The van der Waals surface area contributed by atoms with Crippen molar-refractivity contribution in [2.75, 3.05) is 23.9 Å². The summed E-state index contributed by atoms with van der Waals surface area (Å²) in [6, 6.07) is 4.65. The number of likely N-dealkylation sites (tertiary alicyclic amines) is 1. The standard InChI is InChI=1S/C24H30F2N4O6S/c1-15-20(14-29(27-15)23(25)26)37(33,34)30-13-17(12-21(31)28-8-5-9-28)35-19-7-6-16(10-18(19)30)11-22(32)36-24(2,3)4/h6-7,10,14,17,23H,5,8-9,11-13H2,1-4H3/t17-/m0/s1. The van der Waals surface area contributed by atoms with Crippen molar-refractivity contribution in [1.82, 2.24) is 14.7 Å². The number of anilines is 1. The van der Waals surface area contributed by atoms with E-state index in [0.29, 0.717) is 18.7 Å². The first-order chi connectivity index (χ1) is 17.2. The van der Waals surface area contributed by atoms with Crippen LogP contribution in [-0.4, -0.2) is 66.3 Å². The molecule has 2 aromatic rings. The summed E-state index contributed by atoms with van der Waals surface area (Å²) in [5.74, 6) is -0.450. The highest BCUT2D eigenvalue weighted by molar-refractivity contribution is 7.92. The molecular formula is C24H30F2N4O6S. The quantitative estimate of drug-likeness (QED) is 0.497. The number of rotatable bonds is 7. The Morgan fingerprint density at radius 2 is 1.95 bits per heavy atom. The predicted octanol–water partition coefficient (Wildman–Crippen LogP) is 3.05. The van der Waals surface area contributed by atoms with Gasteiger partial charge in [-0.25, -0.2) is 13.1 Å². The van der Waals surface area contributed by atoms with E-state index in [-0.39, 0.29) is 52.0 Å². The molecule has 0 radical (unpaired) electrons. The van der Waals surface area contributed by atoms with Gasteiger partial charge in [0.25, 0.3) is 10.0 Å². The fraction of sp³-hybridized carbons (Fsp3) is 0.542. The Morgan fingerprint density at radius 3 is 2.51 bits per heavy atom. The van der Waals surface area contributed by atoms with Gasteiger partial charge in [-0.3, -0.25) is 13.9 Å². The summed E-state index contributed by atoms with van der Waals surface area (Å²) in [5, 5.41) is 3.64. The lowest BCUT2D eigenvalue weighted by Crippen LogP contribution is -2.48. The van der Waals surface area contributed by atoms with Gasteiger partial charge in [-0.15, -0.1) is 0 Å². The molecule has 37 heavy (non-hydrogen) atoms. The zero-order chi connectivity index (χ0) is 27.1. The van der Waals surface area contributed by atoms with E-state index in [2.05, 4.69) is 5.10 Å². The number of hydrogen-bond acceptors (Lipinski definition) is 7. The Labute approximate surface area is 214 Å². The summed E-state index contributed by atoms with van der Waals surface area (Å²) < 4.78 is 66.6. The molecule has 3 heterocycles. The third kappa shape index (κ3) is 5.86. The van der Waals surface area contributed by atoms with Crippen LogP contribution in [0.5, 0.6) is 5.75 Å². The molecule has 1 fully saturated rings. The molecule has 0 N–H and O–H groups in total. The van der Waals surface area contributed by atoms with Crippen LogP contribution in [0.2, 0.25) is 0 Å². The van der Waals surface area contributed by atoms with Crippen molar-refractivity contribution in [3.8, 4) is 5.75 Å². The highest BCUT2D eigenvalue weighted by Crippen LogP contribution is 2.39. The number of sulfonamides is 1. The Hall–Kier alpha value is -3.22. The topological polar surface area (TPSA) is 111 Å². The van der Waals surface area contributed by atoms with Gasteiger partial charge in [-0.05, 0) is 51.8 Å². The minimum atomic E-state index is -4.38. The van der Waals surface area contributed by atoms with Crippen molar-refractivity contribution >= 4 is 27.6 Å². The molecule has 202 valence electrons. The van der Waals surface area contributed by atoms with Crippen LogP contribution in [0.3, 0.4) is 0 Å². The highest BCUT2D eigenvalue weighted by Gasteiger charge is 2.38. The van der Waals surface area contributed by atoms with Crippen LogP contribution in [0, 0.1) is 6.92 Å². The number of nitrogens with zero attached hydrogens (tertiary/aromatic N) is 4. The monoisotopic (exact) mass is 540 g/mol. The Morgan fingerprint density at radius 1 is 1.24 bits per heavy atom. The van der Waals surface area contributed by atoms with Crippen molar-refractivity contribution in [3.63, 3.8) is 0 Å². The zero-order valence-corrected chi connectivity index (χ0v) is 21.9. The number of esters is 1. The second kappa shape index (κ2) is 9.92. The molecule has 0 bridgehead atoms. The molecule has 1 aromatic heterocycles. The Kier molecular flexibility index (Phi) is 7.19. The number of hydrogen-bond donors (Lipinski definition) is 0. The number of carbonyl (C=O) groups is 2. The summed E-state index contributed by atoms with van der Waals surface area (Å²) in [5.41, 5.74) is -0.168. The SMILES string of the molecule is Cc1nn(C(F)F)cc1S(=O)(=O)N1C[C@H](CC(=O)N2CCC2)Oc2ccc(CC(=O)OC(C)(C)C)cc21. The number of ether oxygens (including phenoxy) is 2. The number of halogens is 2. The minimum Gasteiger partial charge on any atom is -0.486 e. The average molecular weight is 541 g/mol. The van der Waals surface area contributed by atoms with Crippen molar-refractivity contribution in [1.29, 1.82) is 0 Å². The molecule has 0 spiro atoms. The van der Waals surface area contributed by atoms with Crippen LogP contribution in [0.15, 0.2) is 29.3 Å². The molecule has 10 nitrogen and oxygen atoms in total. The number of fused-ring (bicyclic) bond motifs is 1. The molecule has 0 unspecified atom stereocenters. The van der Waals surface area contributed by atoms with Gasteiger partial charge in [0.1, 0.15) is 22.4 Å². The van der Waals surface area contributed by atoms with Gasteiger partial charge >= 0.3 is 12.5 Å². The molecular weight excluding hydrogens is 510 g/mol. The van der Waals surface area contributed by atoms with Crippen LogP contribution in [-0.2, 0) is 30.8 Å². The lowest BCUT2D eigenvalue weighted by Gasteiger charge is -2.37.